The highest BCUT2D eigenvalue weighted by Gasteiger charge is 2.15. The second kappa shape index (κ2) is 5.52. The van der Waals surface area contributed by atoms with Crippen LogP contribution in [0.1, 0.15) is 26.4 Å². The van der Waals surface area contributed by atoms with Crippen molar-refractivity contribution in [2.45, 2.75) is 6.92 Å². The first kappa shape index (κ1) is 13.7. The lowest BCUT2D eigenvalue weighted by Gasteiger charge is -2.17. The molecule has 0 atom stereocenters. The highest BCUT2D eigenvalue weighted by Crippen LogP contribution is 2.16. The molecule has 0 unspecified atom stereocenters. The van der Waals surface area contributed by atoms with Gasteiger partial charge in [0.1, 0.15) is 5.69 Å². The Balaban J connectivity index is 2.28. The lowest BCUT2D eigenvalue weighted by Crippen LogP contribution is -2.26. The number of aromatic carboxylic acids is 1. The highest BCUT2D eigenvalue weighted by molar-refractivity contribution is 6.06. The van der Waals surface area contributed by atoms with Crippen molar-refractivity contribution in [3.8, 4) is 0 Å². The van der Waals surface area contributed by atoms with Crippen molar-refractivity contribution in [1.29, 1.82) is 0 Å². The molecule has 0 spiro atoms. The number of rotatable bonds is 3. The third-order valence-electron chi connectivity index (χ3n) is 2.95. The molecule has 2 aromatic rings. The Morgan fingerprint density at radius 2 is 1.80 bits per heavy atom. The van der Waals surface area contributed by atoms with E-state index in [2.05, 4.69) is 4.98 Å². The molecule has 0 saturated carbocycles. The SMILES string of the molecule is Cc1ccc(N(C)C(=O)c2ccnc(C(=O)O)c2)cc1. The van der Waals surface area contributed by atoms with Gasteiger partial charge in [-0.2, -0.15) is 0 Å². The van der Waals surface area contributed by atoms with Gasteiger partial charge >= 0.3 is 5.97 Å². The number of carbonyl (C=O) groups excluding carboxylic acids is 1. The molecule has 5 nitrogen and oxygen atoms in total. The van der Waals surface area contributed by atoms with Crippen LogP contribution in [0.2, 0.25) is 0 Å². The molecular formula is C15H14N2O3. The Kier molecular flexibility index (Phi) is 3.79. The molecule has 102 valence electrons. The fourth-order valence-electron chi connectivity index (χ4n) is 1.76. The van der Waals surface area contributed by atoms with Crippen molar-refractivity contribution in [1.82, 2.24) is 4.98 Å². The zero-order valence-electron chi connectivity index (χ0n) is 11.2. The van der Waals surface area contributed by atoms with E-state index in [1.54, 1.807) is 7.05 Å². The summed E-state index contributed by atoms with van der Waals surface area (Å²) in [4.78, 5) is 28.3. The Morgan fingerprint density at radius 3 is 2.40 bits per heavy atom. The number of anilines is 1. The molecule has 0 aliphatic carbocycles. The lowest BCUT2D eigenvalue weighted by molar-refractivity contribution is 0.0690. The van der Waals surface area contributed by atoms with Crippen LogP contribution in [0, 0.1) is 6.92 Å². The van der Waals surface area contributed by atoms with E-state index < -0.39 is 5.97 Å². The molecule has 1 heterocycles. The largest absolute Gasteiger partial charge is 0.477 e. The average molecular weight is 270 g/mol. The fourth-order valence-corrected chi connectivity index (χ4v) is 1.76. The van der Waals surface area contributed by atoms with Crippen molar-refractivity contribution >= 4 is 17.6 Å². The summed E-state index contributed by atoms with van der Waals surface area (Å²) in [6.45, 7) is 1.97. The lowest BCUT2D eigenvalue weighted by atomic mass is 10.1. The second-order valence-electron chi connectivity index (χ2n) is 4.43. The van der Waals surface area contributed by atoms with E-state index in [-0.39, 0.29) is 11.6 Å². The minimum atomic E-state index is -1.15. The summed E-state index contributed by atoms with van der Waals surface area (Å²) in [6, 6.07) is 10.3. The number of carbonyl (C=O) groups is 2. The van der Waals surface area contributed by atoms with Crippen LogP contribution in [-0.2, 0) is 0 Å². The normalized spacial score (nSPS) is 10.1. The zero-order valence-corrected chi connectivity index (χ0v) is 11.2. The first-order valence-electron chi connectivity index (χ1n) is 6.03. The standard InChI is InChI=1S/C15H14N2O3/c1-10-3-5-12(6-4-10)17(2)14(18)11-7-8-16-13(9-11)15(19)20/h3-9H,1-2H3,(H,19,20). The van der Waals surface area contributed by atoms with Crippen LogP contribution in [0.5, 0.6) is 0 Å². The molecule has 1 aromatic heterocycles. The van der Waals surface area contributed by atoms with Crippen molar-refractivity contribution < 1.29 is 14.7 Å². The molecule has 0 bridgehead atoms. The third kappa shape index (κ3) is 2.83. The molecule has 0 fully saturated rings. The van der Waals surface area contributed by atoms with Crippen LogP contribution in [0.3, 0.4) is 0 Å². The molecule has 1 N–H and O–H groups in total. The van der Waals surface area contributed by atoms with E-state index in [1.165, 1.54) is 23.2 Å². The van der Waals surface area contributed by atoms with Gasteiger partial charge in [-0.05, 0) is 31.2 Å². The monoisotopic (exact) mass is 270 g/mol. The van der Waals surface area contributed by atoms with Gasteiger partial charge in [-0.1, -0.05) is 17.7 Å². The number of pyridine rings is 1. The number of carboxylic acid groups (broad SMARTS) is 1. The highest BCUT2D eigenvalue weighted by atomic mass is 16.4. The van der Waals surface area contributed by atoms with Crippen LogP contribution in [0.25, 0.3) is 0 Å². The van der Waals surface area contributed by atoms with Gasteiger partial charge in [-0.25, -0.2) is 9.78 Å². The topological polar surface area (TPSA) is 70.5 Å². The summed E-state index contributed by atoms with van der Waals surface area (Å²) in [6.07, 6.45) is 1.32. The molecule has 20 heavy (non-hydrogen) atoms. The molecule has 1 aromatic carbocycles. The summed E-state index contributed by atoms with van der Waals surface area (Å²) in [5.41, 5.74) is 1.99. The van der Waals surface area contributed by atoms with Gasteiger partial charge < -0.3 is 10.0 Å². The van der Waals surface area contributed by atoms with E-state index in [1.807, 2.05) is 31.2 Å². The summed E-state index contributed by atoms with van der Waals surface area (Å²) in [5, 5.41) is 8.89. The maximum absolute atomic E-state index is 12.3. The maximum atomic E-state index is 12.3. The molecule has 5 heteroatoms. The van der Waals surface area contributed by atoms with Gasteiger partial charge in [0.25, 0.3) is 5.91 Å². The van der Waals surface area contributed by atoms with Crippen LogP contribution < -0.4 is 4.90 Å². The summed E-state index contributed by atoms with van der Waals surface area (Å²) in [5.74, 6) is -1.43. The number of amides is 1. The van der Waals surface area contributed by atoms with E-state index in [4.69, 9.17) is 5.11 Å². The number of nitrogens with zero attached hydrogens (tertiary/aromatic N) is 2. The summed E-state index contributed by atoms with van der Waals surface area (Å²) in [7, 11) is 1.65. The van der Waals surface area contributed by atoms with Crippen LogP contribution >= 0.6 is 0 Å². The predicted octanol–water partition coefficient (Wildman–Crippen LogP) is 2.36. The number of hydrogen-bond acceptors (Lipinski definition) is 3. The number of hydrogen-bond donors (Lipinski definition) is 1. The minimum Gasteiger partial charge on any atom is -0.477 e. The van der Waals surface area contributed by atoms with Crippen LogP contribution in [0.4, 0.5) is 5.69 Å². The van der Waals surface area contributed by atoms with Crippen molar-refractivity contribution in [2.75, 3.05) is 11.9 Å². The smallest absolute Gasteiger partial charge is 0.354 e. The van der Waals surface area contributed by atoms with Crippen LogP contribution in [-0.4, -0.2) is 29.0 Å². The van der Waals surface area contributed by atoms with Crippen LogP contribution in [0.15, 0.2) is 42.6 Å². The number of benzene rings is 1. The number of aromatic nitrogens is 1. The second-order valence-corrected chi connectivity index (χ2v) is 4.43. The molecular weight excluding hydrogens is 256 g/mol. The van der Waals surface area contributed by atoms with Crippen molar-refractivity contribution in [3.05, 3.63) is 59.4 Å². The van der Waals surface area contributed by atoms with Crippen molar-refractivity contribution in [3.63, 3.8) is 0 Å². The first-order valence-corrected chi connectivity index (χ1v) is 6.03. The van der Waals surface area contributed by atoms with E-state index >= 15 is 0 Å². The van der Waals surface area contributed by atoms with Gasteiger partial charge in [-0.15, -0.1) is 0 Å². The molecule has 0 aliphatic rings. The molecule has 2 rings (SSSR count). The predicted molar refractivity (Wildman–Crippen MR) is 75.1 cm³/mol. The Morgan fingerprint density at radius 1 is 1.15 bits per heavy atom. The number of aryl methyl sites for hydroxylation is 1. The van der Waals surface area contributed by atoms with E-state index in [0.717, 1.165) is 11.3 Å². The number of carboxylic acids is 1. The van der Waals surface area contributed by atoms with Gasteiger partial charge in [0.15, 0.2) is 0 Å². The van der Waals surface area contributed by atoms with Gasteiger partial charge in [0.2, 0.25) is 0 Å². The summed E-state index contributed by atoms with van der Waals surface area (Å²) < 4.78 is 0. The first-order chi connectivity index (χ1) is 9.49. The Hall–Kier alpha value is -2.69. The molecule has 1 amide bonds. The van der Waals surface area contributed by atoms with E-state index in [0.29, 0.717) is 5.56 Å². The van der Waals surface area contributed by atoms with E-state index in [9.17, 15) is 9.59 Å². The molecule has 0 aliphatic heterocycles. The molecule has 0 radical (unpaired) electrons. The molecule has 0 saturated heterocycles. The van der Waals surface area contributed by atoms with Gasteiger partial charge in [0.05, 0.1) is 0 Å². The maximum Gasteiger partial charge on any atom is 0.354 e. The summed E-state index contributed by atoms with van der Waals surface area (Å²) >= 11 is 0. The third-order valence-corrected chi connectivity index (χ3v) is 2.95. The Bertz CT molecular complexity index is 650. The minimum absolute atomic E-state index is 0.145. The average Bonchev–Trinajstić information content (AvgIpc) is 2.46. The Labute approximate surface area is 116 Å². The van der Waals surface area contributed by atoms with Gasteiger partial charge in [0, 0.05) is 24.5 Å². The van der Waals surface area contributed by atoms with Crippen molar-refractivity contribution in [2.24, 2.45) is 0 Å². The van der Waals surface area contributed by atoms with Gasteiger partial charge in [-0.3, -0.25) is 4.79 Å². The quantitative estimate of drug-likeness (QED) is 0.929. The fraction of sp³-hybridized carbons (Fsp3) is 0.133. The zero-order chi connectivity index (χ0) is 14.7.